The molecule has 0 aliphatic carbocycles. The van der Waals surface area contributed by atoms with Crippen molar-refractivity contribution in [3.05, 3.63) is 0 Å². The van der Waals surface area contributed by atoms with E-state index in [0.717, 1.165) is 12.8 Å². The van der Waals surface area contributed by atoms with E-state index in [1.807, 2.05) is 0 Å². The third-order valence-corrected chi connectivity index (χ3v) is 2.74. The molecule has 13 heavy (non-hydrogen) atoms. The van der Waals surface area contributed by atoms with Crippen LogP contribution in [0.4, 0.5) is 0 Å². The number of unbranched alkanes of at least 4 members (excludes halogenated alkanes) is 4. The van der Waals surface area contributed by atoms with Crippen LogP contribution in [0.3, 0.4) is 0 Å². The molecule has 1 saturated heterocycles. The zero-order chi connectivity index (χ0) is 9.52. The third kappa shape index (κ3) is 4.30. The first-order chi connectivity index (χ1) is 6.33. The lowest BCUT2D eigenvalue weighted by atomic mass is 10.1. The lowest BCUT2D eigenvalue weighted by Crippen LogP contribution is -2.24. The Kier molecular flexibility index (Phi) is 4.87. The van der Waals surface area contributed by atoms with E-state index in [4.69, 9.17) is 0 Å². The Labute approximate surface area is 81.1 Å². The Hall–Kier alpha value is -0.530. The summed E-state index contributed by atoms with van der Waals surface area (Å²) in [5.41, 5.74) is 0. The fourth-order valence-corrected chi connectivity index (χ4v) is 1.89. The predicted octanol–water partition coefficient (Wildman–Crippen LogP) is 2.63. The maximum atomic E-state index is 10.9. The van der Waals surface area contributed by atoms with Crippen molar-refractivity contribution >= 4 is 5.91 Å². The van der Waals surface area contributed by atoms with Crippen molar-refractivity contribution in [3.8, 4) is 0 Å². The van der Waals surface area contributed by atoms with Crippen LogP contribution in [-0.4, -0.2) is 11.9 Å². The quantitative estimate of drug-likeness (QED) is 0.630. The van der Waals surface area contributed by atoms with Gasteiger partial charge < -0.3 is 5.32 Å². The van der Waals surface area contributed by atoms with E-state index in [1.165, 1.54) is 38.5 Å². The van der Waals surface area contributed by atoms with Gasteiger partial charge in [-0.15, -0.1) is 0 Å². The average Bonchev–Trinajstić information content (AvgIpc) is 2.51. The van der Waals surface area contributed by atoms with Crippen LogP contribution >= 0.6 is 0 Å². The molecule has 1 N–H and O–H groups in total. The zero-order valence-electron chi connectivity index (χ0n) is 8.64. The monoisotopic (exact) mass is 183 g/mol. The van der Waals surface area contributed by atoms with Crippen molar-refractivity contribution in [2.75, 3.05) is 0 Å². The van der Waals surface area contributed by atoms with Crippen molar-refractivity contribution < 1.29 is 4.79 Å². The second kappa shape index (κ2) is 6.01. The first-order valence-corrected chi connectivity index (χ1v) is 5.62. The van der Waals surface area contributed by atoms with Crippen LogP contribution in [0.25, 0.3) is 0 Å². The van der Waals surface area contributed by atoms with Crippen molar-refractivity contribution in [2.24, 2.45) is 0 Å². The normalized spacial score (nSPS) is 21.9. The SMILES string of the molecule is CCCCCCC[C@@H]1CCC(=O)N1. The maximum absolute atomic E-state index is 10.9. The molecule has 2 heteroatoms. The molecule has 0 aromatic rings. The molecule has 0 spiro atoms. The number of hydrogen-bond acceptors (Lipinski definition) is 1. The molecule has 2 nitrogen and oxygen atoms in total. The molecule has 76 valence electrons. The van der Waals surface area contributed by atoms with Gasteiger partial charge in [-0.05, 0) is 12.8 Å². The van der Waals surface area contributed by atoms with E-state index in [1.54, 1.807) is 0 Å². The number of nitrogens with one attached hydrogen (secondary N) is 1. The van der Waals surface area contributed by atoms with Crippen LogP contribution in [0.15, 0.2) is 0 Å². The second-order valence-corrected chi connectivity index (χ2v) is 4.01. The highest BCUT2D eigenvalue weighted by molar-refractivity contribution is 5.78. The minimum absolute atomic E-state index is 0.249. The maximum Gasteiger partial charge on any atom is 0.220 e. The van der Waals surface area contributed by atoms with Crippen LogP contribution in [0, 0.1) is 0 Å². The van der Waals surface area contributed by atoms with Crippen molar-refractivity contribution in [2.45, 2.75) is 64.3 Å². The van der Waals surface area contributed by atoms with E-state index in [9.17, 15) is 4.79 Å². The first-order valence-electron chi connectivity index (χ1n) is 5.62. The van der Waals surface area contributed by atoms with E-state index < -0.39 is 0 Å². The van der Waals surface area contributed by atoms with Crippen LogP contribution in [0.1, 0.15) is 58.3 Å². The molecule has 1 fully saturated rings. The molecule has 0 aromatic heterocycles. The fraction of sp³-hybridized carbons (Fsp3) is 0.909. The summed E-state index contributed by atoms with van der Waals surface area (Å²) in [5.74, 6) is 0.249. The van der Waals surface area contributed by atoms with E-state index >= 15 is 0 Å². The topological polar surface area (TPSA) is 29.1 Å². The highest BCUT2D eigenvalue weighted by atomic mass is 16.1. The summed E-state index contributed by atoms with van der Waals surface area (Å²) in [5, 5.41) is 3.01. The highest BCUT2D eigenvalue weighted by Crippen LogP contribution is 2.14. The lowest BCUT2D eigenvalue weighted by molar-refractivity contribution is -0.119. The Morgan fingerprint density at radius 3 is 2.69 bits per heavy atom. The molecule has 0 saturated carbocycles. The van der Waals surface area contributed by atoms with Gasteiger partial charge >= 0.3 is 0 Å². The highest BCUT2D eigenvalue weighted by Gasteiger charge is 2.19. The van der Waals surface area contributed by atoms with Crippen LogP contribution in [0.5, 0.6) is 0 Å². The van der Waals surface area contributed by atoms with Gasteiger partial charge in [-0.2, -0.15) is 0 Å². The van der Waals surface area contributed by atoms with Gasteiger partial charge in [-0.3, -0.25) is 4.79 Å². The summed E-state index contributed by atoms with van der Waals surface area (Å²) >= 11 is 0. The first kappa shape index (κ1) is 10.6. The van der Waals surface area contributed by atoms with Crippen LogP contribution < -0.4 is 5.32 Å². The Bertz CT molecular complexity index is 156. The van der Waals surface area contributed by atoms with Crippen LogP contribution in [0.2, 0.25) is 0 Å². The number of carbonyl (C=O) groups is 1. The minimum atomic E-state index is 0.249. The fourth-order valence-electron chi connectivity index (χ4n) is 1.89. The molecule has 1 heterocycles. The number of carbonyl (C=O) groups excluding carboxylic acids is 1. The van der Waals surface area contributed by atoms with E-state index in [0.29, 0.717) is 6.04 Å². The molecule has 0 bridgehead atoms. The third-order valence-electron chi connectivity index (χ3n) is 2.74. The zero-order valence-corrected chi connectivity index (χ0v) is 8.64. The van der Waals surface area contributed by atoms with Crippen molar-refractivity contribution in [3.63, 3.8) is 0 Å². The van der Waals surface area contributed by atoms with Gasteiger partial charge in [0.15, 0.2) is 0 Å². The van der Waals surface area contributed by atoms with Crippen LogP contribution in [-0.2, 0) is 4.79 Å². The summed E-state index contributed by atoms with van der Waals surface area (Å²) in [4.78, 5) is 10.9. The molecular formula is C11H21NO. The largest absolute Gasteiger partial charge is 0.353 e. The van der Waals surface area contributed by atoms with Crippen molar-refractivity contribution in [1.29, 1.82) is 0 Å². The van der Waals surface area contributed by atoms with Gasteiger partial charge in [0, 0.05) is 12.5 Å². The number of rotatable bonds is 6. The summed E-state index contributed by atoms with van der Waals surface area (Å²) in [6, 6.07) is 0.495. The molecular weight excluding hydrogens is 162 g/mol. The summed E-state index contributed by atoms with van der Waals surface area (Å²) in [6.45, 7) is 2.23. The number of hydrogen-bond donors (Lipinski definition) is 1. The standard InChI is InChI=1S/C11H21NO/c1-2-3-4-5-6-7-10-8-9-11(13)12-10/h10H,2-9H2,1H3,(H,12,13)/t10-/m1/s1. The smallest absolute Gasteiger partial charge is 0.220 e. The van der Waals surface area contributed by atoms with Crippen molar-refractivity contribution in [1.82, 2.24) is 5.32 Å². The van der Waals surface area contributed by atoms with E-state index in [2.05, 4.69) is 12.2 Å². The summed E-state index contributed by atoms with van der Waals surface area (Å²) in [6.07, 6.45) is 9.64. The Morgan fingerprint density at radius 1 is 1.31 bits per heavy atom. The predicted molar refractivity (Wildman–Crippen MR) is 54.5 cm³/mol. The van der Waals surface area contributed by atoms with Gasteiger partial charge in [-0.25, -0.2) is 0 Å². The molecule has 0 radical (unpaired) electrons. The lowest BCUT2D eigenvalue weighted by Gasteiger charge is -2.08. The molecule has 1 atom stereocenters. The van der Waals surface area contributed by atoms with E-state index in [-0.39, 0.29) is 5.91 Å². The second-order valence-electron chi connectivity index (χ2n) is 4.01. The average molecular weight is 183 g/mol. The molecule has 0 unspecified atom stereocenters. The minimum Gasteiger partial charge on any atom is -0.353 e. The molecule has 1 amide bonds. The van der Waals surface area contributed by atoms with Gasteiger partial charge in [-0.1, -0.05) is 39.0 Å². The molecule has 1 aliphatic heterocycles. The summed E-state index contributed by atoms with van der Waals surface area (Å²) < 4.78 is 0. The Balaban J connectivity index is 1.91. The van der Waals surface area contributed by atoms with Gasteiger partial charge in [0.25, 0.3) is 0 Å². The molecule has 0 aromatic carbocycles. The Morgan fingerprint density at radius 2 is 2.08 bits per heavy atom. The van der Waals surface area contributed by atoms with Gasteiger partial charge in [0.2, 0.25) is 5.91 Å². The molecule has 1 aliphatic rings. The van der Waals surface area contributed by atoms with Gasteiger partial charge in [0.1, 0.15) is 0 Å². The summed E-state index contributed by atoms with van der Waals surface area (Å²) in [7, 11) is 0. The molecule has 1 rings (SSSR count). The van der Waals surface area contributed by atoms with Gasteiger partial charge in [0.05, 0.1) is 0 Å². The number of amides is 1.